The Morgan fingerprint density at radius 2 is 1.44 bits per heavy atom. The van der Waals surface area contributed by atoms with Crippen LogP contribution in [0.3, 0.4) is 0 Å². The third kappa shape index (κ3) is 6.03. The molecule has 6 rings (SSSR count). The molecule has 3 aromatic carbocycles. The Hall–Kier alpha value is -3.39. The number of methoxy groups -OCH3 is 1. The van der Waals surface area contributed by atoms with Crippen LogP contribution in [0.4, 0.5) is 0 Å². The Kier molecular flexibility index (Phi) is 8.75. The second kappa shape index (κ2) is 12.7. The number of carbonyl (C=O) groups is 2. The van der Waals surface area contributed by atoms with Gasteiger partial charge in [-0.1, -0.05) is 59.7 Å². The number of ketones is 2. The molecule has 0 unspecified atom stereocenters. The van der Waals surface area contributed by atoms with E-state index in [-0.39, 0.29) is 17.5 Å². The number of hydrogen-bond donors (Lipinski definition) is 0. The first-order valence-corrected chi connectivity index (χ1v) is 16.3. The van der Waals surface area contributed by atoms with Crippen LogP contribution in [0.5, 0.6) is 11.5 Å². The van der Waals surface area contributed by atoms with Crippen molar-refractivity contribution < 1.29 is 19.1 Å². The number of halogens is 1. The van der Waals surface area contributed by atoms with Crippen LogP contribution < -0.4 is 9.47 Å². The lowest BCUT2D eigenvalue weighted by Gasteiger charge is -2.44. The Morgan fingerprint density at radius 1 is 0.814 bits per heavy atom. The lowest BCUT2D eigenvalue weighted by atomic mass is 9.71. The summed E-state index contributed by atoms with van der Waals surface area (Å²) < 4.78 is 13.1. The molecule has 3 aromatic rings. The summed E-state index contributed by atoms with van der Waals surface area (Å²) in [4.78, 5) is 29.9. The summed E-state index contributed by atoms with van der Waals surface area (Å²) in [5.41, 5.74) is 9.51. The minimum absolute atomic E-state index is 0.157. The molecule has 0 radical (unpaired) electrons. The molecule has 0 amide bonds. The number of Topliss-reactive ketones (excluding diaryl/α,β-unsaturated/α-hetero) is 2. The molecular formula is C37H38INO4. The summed E-state index contributed by atoms with van der Waals surface area (Å²) in [6.07, 6.45) is 5.28. The van der Waals surface area contributed by atoms with Crippen LogP contribution in [0, 0.1) is 17.4 Å². The van der Waals surface area contributed by atoms with E-state index in [0.717, 1.165) is 75.9 Å². The number of ether oxygens (including phenoxy) is 2. The van der Waals surface area contributed by atoms with Crippen molar-refractivity contribution >= 4 is 34.2 Å². The minimum atomic E-state index is -0.380. The van der Waals surface area contributed by atoms with Gasteiger partial charge < -0.3 is 14.4 Å². The first-order valence-electron chi connectivity index (χ1n) is 15.3. The van der Waals surface area contributed by atoms with Crippen molar-refractivity contribution in [1.29, 1.82) is 0 Å². The van der Waals surface area contributed by atoms with Gasteiger partial charge in [-0.2, -0.15) is 0 Å². The van der Waals surface area contributed by atoms with Crippen molar-refractivity contribution in [2.75, 3.05) is 13.7 Å². The van der Waals surface area contributed by atoms with Gasteiger partial charge in [0.25, 0.3) is 0 Å². The first kappa shape index (κ1) is 29.7. The third-order valence-electron chi connectivity index (χ3n) is 8.80. The zero-order chi connectivity index (χ0) is 30.1. The van der Waals surface area contributed by atoms with Gasteiger partial charge in [-0.05, 0) is 97.4 Å². The number of rotatable bonds is 8. The topological polar surface area (TPSA) is 55.8 Å². The average molecular weight is 688 g/mol. The van der Waals surface area contributed by atoms with Gasteiger partial charge in [-0.3, -0.25) is 9.59 Å². The van der Waals surface area contributed by atoms with Crippen LogP contribution in [-0.4, -0.2) is 30.1 Å². The number of nitrogens with zero attached hydrogens (tertiary/aromatic N) is 1. The van der Waals surface area contributed by atoms with Crippen molar-refractivity contribution in [3.8, 4) is 11.5 Å². The fourth-order valence-electron chi connectivity index (χ4n) is 7.06. The molecule has 1 aliphatic heterocycles. The van der Waals surface area contributed by atoms with Crippen LogP contribution in [0.1, 0.15) is 72.3 Å². The highest BCUT2D eigenvalue weighted by molar-refractivity contribution is 14.1. The predicted molar refractivity (Wildman–Crippen MR) is 177 cm³/mol. The van der Waals surface area contributed by atoms with Crippen molar-refractivity contribution in [3.05, 3.63) is 115 Å². The summed E-state index contributed by atoms with van der Waals surface area (Å²) >= 11 is 2.30. The monoisotopic (exact) mass is 687 g/mol. The van der Waals surface area contributed by atoms with Gasteiger partial charge in [-0.15, -0.1) is 0 Å². The second-order valence-electron chi connectivity index (χ2n) is 11.9. The number of carbonyl (C=O) groups excluding carboxylic acids is 2. The summed E-state index contributed by atoms with van der Waals surface area (Å²) in [5, 5.41) is 0. The van der Waals surface area contributed by atoms with Crippen LogP contribution in [-0.2, 0) is 22.6 Å². The summed E-state index contributed by atoms with van der Waals surface area (Å²) in [7, 11) is 1.65. The highest BCUT2D eigenvalue weighted by Crippen LogP contribution is 2.50. The third-order valence-corrected chi connectivity index (χ3v) is 9.60. The molecule has 5 nitrogen and oxygen atoms in total. The molecule has 0 spiro atoms. The number of hydrogen-bond acceptors (Lipinski definition) is 5. The van der Waals surface area contributed by atoms with Crippen LogP contribution in [0.15, 0.2) is 83.2 Å². The SMILES string of the molecule is COc1cc(C2C3=C(CCCC3=O)N(CCc3ccccc3)C3=C2C(=O)CCC3)cc(I)c1OCc1cc(C)cc(C)c1. The summed E-state index contributed by atoms with van der Waals surface area (Å²) in [5.74, 6) is 1.23. The van der Waals surface area contributed by atoms with E-state index < -0.39 is 0 Å². The molecule has 0 fully saturated rings. The molecule has 0 atom stereocenters. The van der Waals surface area contributed by atoms with E-state index in [2.05, 4.69) is 89.9 Å². The van der Waals surface area contributed by atoms with Gasteiger partial charge in [0.15, 0.2) is 23.1 Å². The van der Waals surface area contributed by atoms with Gasteiger partial charge >= 0.3 is 0 Å². The highest BCUT2D eigenvalue weighted by Gasteiger charge is 2.43. The zero-order valence-electron chi connectivity index (χ0n) is 25.2. The average Bonchev–Trinajstić information content (AvgIpc) is 2.99. The fraction of sp³-hybridized carbons (Fsp3) is 0.351. The van der Waals surface area contributed by atoms with Crippen molar-refractivity contribution in [2.45, 2.75) is 71.3 Å². The summed E-state index contributed by atoms with van der Waals surface area (Å²) in [6, 6.07) is 21.0. The van der Waals surface area contributed by atoms with Crippen molar-refractivity contribution in [2.24, 2.45) is 0 Å². The molecule has 0 saturated carbocycles. The molecular weight excluding hydrogens is 649 g/mol. The van der Waals surface area contributed by atoms with Gasteiger partial charge in [-0.25, -0.2) is 0 Å². The number of aryl methyl sites for hydroxylation is 2. The fourth-order valence-corrected chi connectivity index (χ4v) is 7.84. The molecule has 6 heteroatoms. The van der Waals surface area contributed by atoms with E-state index in [1.165, 1.54) is 16.7 Å². The van der Waals surface area contributed by atoms with Crippen LogP contribution in [0.25, 0.3) is 0 Å². The highest BCUT2D eigenvalue weighted by atomic mass is 127. The van der Waals surface area contributed by atoms with Gasteiger partial charge in [0.05, 0.1) is 10.7 Å². The Labute approximate surface area is 268 Å². The van der Waals surface area contributed by atoms with Gasteiger partial charge in [0, 0.05) is 47.8 Å². The van der Waals surface area contributed by atoms with Gasteiger partial charge in [0.2, 0.25) is 0 Å². The maximum atomic E-state index is 13.8. The molecule has 43 heavy (non-hydrogen) atoms. The minimum Gasteiger partial charge on any atom is -0.493 e. The maximum Gasteiger partial charge on any atom is 0.174 e. The summed E-state index contributed by atoms with van der Waals surface area (Å²) in [6.45, 7) is 5.37. The Bertz CT molecular complexity index is 1570. The molecule has 0 bridgehead atoms. The standard InChI is InChI=1S/C37H38INO4/c1-23-17-24(2)19-26(18-23)22-43-37-28(38)20-27(21-33(37)42-3)34-35-29(11-7-13-31(35)40)39(16-15-25-9-5-4-6-10-25)30-12-8-14-32(41)36(30)34/h4-6,9-10,17-21,34H,7-8,11-16,22H2,1-3H3. The van der Waals surface area contributed by atoms with E-state index in [0.29, 0.717) is 30.9 Å². The quantitative estimate of drug-likeness (QED) is 0.224. The van der Waals surface area contributed by atoms with E-state index >= 15 is 0 Å². The Balaban J connectivity index is 1.40. The van der Waals surface area contributed by atoms with Crippen LogP contribution in [0.2, 0.25) is 0 Å². The van der Waals surface area contributed by atoms with Gasteiger partial charge in [0.1, 0.15) is 6.61 Å². The number of allylic oxidation sites excluding steroid dienone is 4. The largest absolute Gasteiger partial charge is 0.493 e. The zero-order valence-corrected chi connectivity index (χ0v) is 27.3. The lowest BCUT2D eigenvalue weighted by molar-refractivity contribution is -0.117. The molecule has 2 aliphatic carbocycles. The molecule has 0 saturated heterocycles. The Morgan fingerprint density at radius 3 is 2.05 bits per heavy atom. The molecule has 0 aromatic heterocycles. The first-order chi connectivity index (χ1) is 20.8. The normalized spacial score (nSPS) is 17.3. The molecule has 0 N–H and O–H groups in total. The lowest BCUT2D eigenvalue weighted by Crippen LogP contribution is -2.40. The second-order valence-corrected chi connectivity index (χ2v) is 13.1. The predicted octanol–water partition coefficient (Wildman–Crippen LogP) is 8.15. The van der Waals surface area contributed by atoms with E-state index in [4.69, 9.17) is 9.47 Å². The van der Waals surface area contributed by atoms with E-state index in [1.54, 1.807) is 7.11 Å². The van der Waals surface area contributed by atoms with E-state index in [1.807, 2.05) is 12.1 Å². The molecule has 222 valence electrons. The number of benzene rings is 3. The maximum absolute atomic E-state index is 13.8. The molecule has 3 aliphatic rings. The van der Waals surface area contributed by atoms with E-state index in [9.17, 15) is 9.59 Å². The molecule has 1 heterocycles. The van der Waals surface area contributed by atoms with Crippen LogP contribution >= 0.6 is 22.6 Å². The van der Waals surface area contributed by atoms with Crippen molar-refractivity contribution in [3.63, 3.8) is 0 Å². The van der Waals surface area contributed by atoms with Crippen molar-refractivity contribution in [1.82, 2.24) is 4.90 Å². The smallest absolute Gasteiger partial charge is 0.174 e.